The third kappa shape index (κ3) is 7.06. The summed E-state index contributed by atoms with van der Waals surface area (Å²) >= 11 is 1.54. The number of nitrogens with one attached hydrogen (secondary N) is 2. The SMILES string of the molecule is CCc1csc([C@H](Cc2ccc(N[SH](=O)=O)cc2)NC(=O)CCc2cccc(OC)c2)n1. The molecule has 2 N–H and O–H groups in total. The van der Waals surface area contributed by atoms with E-state index >= 15 is 0 Å². The van der Waals surface area contributed by atoms with Crippen molar-refractivity contribution in [2.24, 2.45) is 0 Å². The molecule has 0 bridgehead atoms. The van der Waals surface area contributed by atoms with Crippen molar-refractivity contribution in [1.29, 1.82) is 0 Å². The van der Waals surface area contributed by atoms with Gasteiger partial charge in [0.15, 0.2) is 0 Å². The number of thiol groups is 1. The minimum atomic E-state index is -2.70. The molecule has 3 aromatic rings. The number of anilines is 1. The van der Waals surface area contributed by atoms with Crippen LogP contribution in [-0.4, -0.2) is 26.4 Å². The van der Waals surface area contributed by atoms with E-state index in [0.29, 0.717) is 24.9 Å². The number of amides is 1. The minimum Gasteiger partial charge on any atom is -0.497 e. The molecule has 170 valence electrons. The van der Waals surface area contributed by atoms with Gasteiger partial charge in [0.05, 0.1) is 18.8 Å². The minimum absolute atomic E-state index is 0.0484. The fourth-order valence-corrected chi connectivity index (χ4v) is 4.57. The van der Waals surface area contributed by atoms with Crippen LogP contribution < -0.4 is 14.8 Å². The molecule has 1 aromatic heterocycles. The maximum absolute atomic E-state index is 12.8. The predicted octanol–water partition coefficient (Wildman–Crippen LogP) is 3.69. The van der Waals surface area contributed by atoms with Crippen molar-refractivity contribution in [3.05, 3.63) is 75.7 Å². The van der Waals surface area contributed by atoms with Crippen LogP contribution in [0.4, 0.5) is 5.69 Å². The highest BCUT2D eigenvalue weighted by Gasteiger charge is 2.19. The van der Waals surface area contributed by atoms with Crippen molar-refractivity contribution in [3.8, 4) is 5.75 Å². The van der Waals surface area contributed by atoms with E-state index in [4.69, 9.17) is 4.74 Å². The van der Waals surface area contributed by atoms with Crippen molar-refractivity contribution in [1.82, 2.24) is 10.3 Å². The summed E-state index contributed by atoms with van der Waals surface area (Å²) in [6, 6.07) is 14.6. The Morgan fingerprint density at radius 1 is 1.16 bits per heavy atom. The lowest BCUT2D eigenvalue weighted by molar-refractivity contribution is -0.121. The second-order valence-corrected chi connectivity index (χ2v) is 8.90. The molecule has 1 atom stereocenters. The van der Waals surface area contributed by atoms with Crippen LogP contribution in [0.3, 0.4) is 0 Å². The highest BCUT2D eigenvalue weighted by Crippen LogP contribution is 2.24. The fourth-order valence-electron chi connectivity index (χ4n) is 3.25. The number of nitrogens with zero attached hydrogens (tertiary/aromatic N) is 1. The van der Waals surface area contributed by atoms with Gasteiger partial charge < -0.3 is 10.1 Å². The Labute approximate surface area is 193 Å². The zero-order valence-electron chi connectivity index (χ0n) is 18.0. The van der Waals surface area contributed by atoms with Crippen molar-refractivity contribution in [2.45, 2.75) is 38.6 Å². The lowest BCUT2D eigenvalue weighted by Crippen LogP contribution is -2.30. The monoisotopic (exact) mass is 473 g/mol. The molecule has 3 rings (SSSR count). The highest BCUT2D eigenvalue weighted by molar-refractivity contribution is 7.73. The Kier molecular flexibility index (Phi) is 8.64. The molecule has 0 saturated carbocycles. The molecule has 0 fully saturated rings. The van der Waals surface area contributed by atoms with E-state index in [0.717, 1.165) is 34.0 Å². The molecular weight excluding hydrogens is 446 g/mol. The van der Waals surface area contributed by atoms with E-state index in [-0.39, 0.29) is 11.9 Å². The van der Waals surface area contributed by atoms with Gasteiger partial charge in [-0.25, -0.2) is 13.4 Å². The summed E-state index contributed by atoms with van der Waals surface area (Å²) < 4.78 is 29.3. The Morgan fingerprint density at radius 2 is 1.94 bits per heavy atom. The molecule has 0 aliphatic heterocycles. The van der Waals surface area contributed by atoms with Gasteiger partial charge in [-0.2, -0.15) is 0 Å². The summed E-state index contributed by atoms with van der Waals surface area (Å²) in [5.74, 6) is 0.725. The molecule has 0 aliphatic carbocycles. The van der Waals surface area contributed by atoms with Crippen molar-refractivity contribution in [2.75, 3.05) is 11.8 Å². The summed E-state index contributed by atoms with van der Waals surface area (Å²) in [7, 11) is -1.08. The number of benzene rings is 2. The van der Waals surface area contributed by atoms with Crippen LogP contribution in [0, 0.1) is 0 Å². The second kappa shape index (κ2) is 11.6. The normalized spacial score (nSPS) is 11.8. The van der Waals surface area contributed by atoms with Crippen molar-refractivity contribution < 1.29 is 17.9 Å². The average Bonchev–Trinajstić information content (AvgIpc) is 3.28. The van der Waals surface area contributed by atoms with Crippen molar-refractivity contribution in [3.63, 3.8) is 0 Å². The molecule has 0 spiro atoms. The van der Waals surface area contributed by atoms with Crippen LogP contribution in [-0.2, 0) is 34.9 Å². The van der Waals surface area contributed by atoms with Crippen LogP contribution in [0.25, 0.3) is 0 Å². The summed E-state index contributed by atoms with van der Waals surface area (Å²) in [6.07, 6.45) is 2.36. The first-order chi connectivity index (χ1) is 15.5. The highest BCUT2D eigenvalue weighted by atomic mass is 32.2. The lowest BCUT2D eigenvalue weighted by Gasteiger charge is -2.17. The van der Waals surface area contributed by atoms with Gasteiger partial charge in [0.2, 0.25) is 16.8 Å². The Hall–Kier alpha value is -2.91. The topological polar surface area (TPSA) is 97.4 Å². The smallest absolute Gasteiger partial charge is 0.222 e. The molecule has 32 heavy (non-hydrogen) atoms. The van der Waals surface area contributed by atoms with Gasteiger partial charge in [0.25, 0.3) is 0 Å². The van der Waals surface area contributed by atoms with Crippen LogP contribution in [0.5, 0.6) is 5.75 Å². The van der Waals surface area contributed by atoms with Gasteiger partial charge in [0, 0.05) is 17.5 Å². The fraction of sp³-hybridized carbons (Fsp3) is 0.304. The first kappa shape index (κ1) is 23.7. The Balaban J connectivity index is 1.68. The molecule has 0 aliphatic rings. The largest absolute Gasteiger partial charge is 0.497 e. The number of aromatic nitrogens is 1. The summed E-state index contributed by atoms with van der Waals surface area (Å²) in [6.45, 7) is 2.05. The van der Waals surface area contributed by atoms with Crippen LogP contribution in [0.2, 0.25) is 0 Å². The average molecular weight is 474 g/mol. The number of rotatable bonds is 11. The molecule has 2 aromatic carbocycles. The van der Waals surface area contributed by atoms with Gasteiger partial charge in [0.1, 0.15) is 10.8 Å². The van der Waals surface area contributed by atoms with Crippen LogP contribution in [0.15, 0.2) is 53.9 Å². The molecule has 0 saturated heterocycles. The zero-order valence-corrected chi connectivity index (χ0v) is 19.7. The first-order valence-electron chi connectivity index (χ1n) is 10.3. The third-order valence-corrected chi connectivity index (χ3v) is 6.40. The van der Waals surface area contributed by atoms with Crippen LogP contribution >= 0.6 is 11.3 Å². The lowest BCUT2D eigenvalue weighted by atomic mass is 10.0. The molecule has 1 heterocycles. The molecular formula is C23H27N3O4S2. The van der Waals surface area contributed by atoms with Gasteiger partial charge in [-0.1, -0.05) is 31.2 Å². The number of methoxy groups -OCH3 is 1. The van der Waals surface area contributed by atoms with E-state index in [2.05, 4.69) is 15.0 Å². The number of thiazole rings is 1. The number of carbonyl (C=O) groups excluding carboxylic acids is 1. The third-order valence-electron chi connectivity index (χ3n) is 4.95. The van der Waals surface area contributed by atoms with E-state index in [1.165, 1.54) is 11.3 Å². The maximum Gasteiger partial charge on any atom is 0.222 e. The number of aryl methyl sites for hydroxylation is 2. The Bertz CT molecular complexity index is 1100. The molecule has 0 radical (unpaired) electrons. The summed E-state index contributed by atoms with van der Waals surface area (Å²) in [4.78, 5) is 17.4. The van der Waals surface area contributed by atoms with Gasteiger partial charge in [-0.15, -0.1) is 11.3 Å². The van der Waals surface area contributed by atoms with Crippen LogP contribution in [0.1, 0.15) is 41.2 Å². The molecule has 7 nitrogen and oxygen atoms in total. The van der Waals surface area contributed by atoms with E-state index in [1.54, 1.807) is 19.2 Å². The van der Waals surface area contributed by atoms with Gasteiger partial charge >= 0.3 is 0 Å². The van der Waals surface area contributed by atoms with Crippen molar-refractivity contribution >= 4 is 33.8 Å². The van der Waals surface area contributed by atoms with Gasteiger partial charge in [-0.3, -0.25) is 9.52 Å². The second-order valence-electron chi connectivity index (χ2n) is 7.27. The number of hydrogen-bond acceptors (Lipinski definition) is 6. The molecule has 1 amide bonds. The number of hydrogen-bond donors (Lipinski definition) is 3. The van der Waals surface area contributed by atoms with E-state index in [1.807, 2.05) is 48.7 Å². The van der Waals surface area contributed by atoms with E-state index in [9.17, 15) is 13.2 Å². The standard InChI is InChI=1S/C23H27N3O4S2/c1-3-18-15-31-23(24-18)21(14-17-7-10-19(11-8-17)26-32(28)29)25-22(27)12-9-16-5-4-6-20(13-16)30-2/h4-8,10-11,13,15,21,32H,3,9,12,14H2,1-2H3,(H,25,27)(H,26,28,29)/t21-/m0/s1. The van der Waals surface area contributed by atoms with E-state index < -0.39 is 10.9 Å². The maximum atomic E-state index is 12.8. The quantitative estimate of drug-likeness (QED) is 0.369. The number of ether oxygens (including phenoxy) is 1. The predicted molar refractivity (Wildman–Crippen MR) is 128 cm³/mol. The molecule has 9 heteroatoms. The zero-order chi connectivity index (χ0) is 22.9. The summed E-state index contributed by atoms with van der Waals surface area (Å²) in [5, 5.41) is 6.01. The number of carbonyl (C=O) groups is 1. The molecule has 0 unspecified atom stereocenters. The van der Waals surface area contributed by atoms with Gasteiger partial charge in [-0.05, 0) is 54.7 Å². The Morgan fingerprint density at radius 3 is 2.59 bits per heavy atom. The first-order valence-corrected chi connectivity index (χ1v) is 12.4. The summed E-state index contributed by atoms with van der Waals surface area (Å²) in [5.41, 5.74) is 3.52.